The van der Waals surface area contributed by atoms with Crippen LogP contribution in [0.1, 0.15) is 5.69 Å². The van der Waals surface area contributed by atoms with E-state index in [2.05, 4.69) is 5.16 Å². The highest BCUT2D eigenvalue weighted by molar-refractivity contribution is 5.64. The van der Waals surface area contributed by atoms with E-state index in [-0.39, 0.29) is 5.57 Å². The molecule has 1 aromatic heterocycles. The molecule has 0 spiro atoms. The Morgan fingerprint density at radius 1 is 1.18 bits per heavy atom. The highest BCUT2D eigenvalue weighted by atomic mass is 16.5. The molecule has 0 bridgehead atoms. The van der Waals surface area contributed by atoms with Gasteiger partial charge in [0.1, 0.15) is 23.4 Å². The Hall–Kier alpha value is -2.85. The molecule has 1 heterocycles. The highest BCUT2D eigenvalue weighted by Gasteiger charge is 2.05. The number of benzene rings is 1. The van der Waals surface area contributed by atoms with Crippen molar-refractivity contribution in [3.8, 4) is 23.5 Å². The summed E-state index contributed by atoms with van der Waals surface area (Å²) >= 11 is 0. The quantitative estimate of drug-likeness (QED) is 0.731. The molecule has 0 aliphatic rings. The van der Waals surface area contributed by atoms with Crippen LogP contribution in [0.15, 0.2) is 46.5 Å². The molecule has 0 fully saturated rings. The lowest BCUT2D eigenvalue weighted by Gasteiger charge is -1.91. The van der Waals surface area contributed by atoms with Crippen LogP contribution in [0.25, 0.3) is 17.4 Å². The standard InChI is InChI=1S/C13H7N3O/c14-8-10(9-15)6-12-7-13(17-16-12)11-4-2-1-3-5-11/h1-7H. The molecule has 1 aromatic carbocycles. The molecule has 0 unspecified atom stereocenters. The second-order valence-corrected chi connectivity index (χ2v) is 3.26. The van der Waals surface area contributed by atoms with Crippen LogP contribution in [0.5, 0.6) is 0 Å². The number of rotatable bonds is 2. The summed E-state index contributed by atoms with van der Waals surface area (Å²) in [7, 11) is 0. The Balaban J connectivity index is 2.33. The zero-order valence-electron chi connectivity index (χ0n) is 8.79. The van der Waals surface area contributed by atoms with Gasteiger partial charge >= 0.3 is 0 Å². The summed E-state index contributed by atoms with van der Waals surface area (Å²) in [4.78, 5) is 0. The van der Waals surface area contributed by atoms with Gasteiger partial charge in [-0.1, -0.05) is 35.5 Å². The fourth-order valence-corrected chi connectivity index (χ4v) is 1.33. The summed E-state index contributed by atoms with van der Waals surface area (Å²) in [5.41, 5.74) is 1.36. The van der Waals surface area contributed by atoms with Crippen molar-refractivity contribution in [3.63, 3.8) is 0 Å². The molecule has 0 aliphatic carbocycles. The van der Waals surface area contributed by atoms with E-state index in [1.54, 1.807) is 18.2 Å². The van der Waals surface area contributed by atoms with Gasteiger partial charge in [-0.2, -0.15) is 10.5 Å². The van der Waals surface area contributed by atoms with Crippen molar-refractivity contribution in [2.45, 2.75) is 0 Å². The van der Waals surface area contributed by atoms with Gasteiger partial charge in [0.25, 0.3) is 0 Å². The maximum Gasteiger partial charge on any atom is 0.167 e. The highest BCUT2D eigenvalue weighted by Crippen LogP contribution is 2.20. The molecule has 4 nitrogen and oxygen atoms in total. The average molecular weight is 221 g/mol. The molecule has 0 atom stereocenters. The van der Waals surface area contributed by atoms with Crippen molar-refractivity contribution in [2.24, 2.45) is 0 Å². The van der Waals surface area contributed by atoms with Gasteiger partial charge in [0.15, 0.2) is 5.76 Å². The van der Waals surface area contributed by atoms with Crippen LogP contribution in [0.4, 0.5) is 0 Å². The first-order valence-electron chi connectivity index (χ1n) is 4.87. The number of nitrogens with zero attached hydrogens (tertiary/aromatic N) is 3. The summed E-state index contributed by atoms with van der Waals surface area (Å²) < 4.78 is 5.13. The smallest absolute Gasteiger partial charge is 0.167 e. The molecule has 17 heavy (non-hydrogen) atoms. The van der Waals surface area contributed by atoms with E-state index in [1.165, 1.54) is 6.08 Å². The van der Waals surface area contributed by atoms with Crippen LogP contribution in [0.2, 0.25) is 0 Å². The average Bonchev–Trinajstić information content (AvgIpc) is 2.85. The maximum atomic E-state index is 8.61. The Kier molecular flexibility index (Phi) is 3.00. The summed E-state index contributed by atoms with van der Waals surface area (Å²) in [6.45, 7) is 0. The number of allylic oxidation sites excluding steroid dienone is 1. The summed E-state index contributed by atoms with van der Waals surface area (Å²) in [5, 5.41) is 21.0. The number of hydrogen-bond acceptors (Lipinski definition) is 4. The maximum absolute atomic E-state index is 8.61. The number of nitriles is 2. The van der Waals surface area contributed by atoms with Crippen molar-refractivity contribution in [1.82, 2.24) is 5.16 Å². The normalized spacial score (nSPS) is 9.06. The van der Waals surface area contributed by atoms with E-state index in [4.69, 9.17) is 15.0 Å². The van der Waals surface area contributed by atoms with Crippen LogP contribution in [0, 0.1) is 22.7 Å². The zero-order chi connectivity index (χ0) is 12.1. The minimum atomic E-state index is -0.00193. The van der Waals surface area contributed by atoms with Gasteiger partial charge in [-0.05, 0) is 6.08 Å². The first kappa shape index (κ1) is 10.7. The molecule has 2 aromatic rings. The molecule has 0 N–H and O–H groups in total. The van der Waals surface area contributed by atoms with Gasteiger partial charge in [-0.25, -0.2) is 0 Å². The van der Waals surface area contributed by atoms with Crippen molar-refractivity contribution in [1.29, 1.82) is 10.5 Å². The lowest BCUT2D eigenvalue weighted by atomic mass is 10.1. The third kappa shape index (κ3) is 2.39. The van der Waals surface area contributed by atoms with Gasteiger partial charge in [0.05, 0.1) is 0 Å². The third-order valence-electron chi connectivity index (χ3n) is 2.12. The van der Waals surface area contributed by atoms with E-state index < -0.39 is 0 Å². The van der Waals surface area contributed by atoms with Crippen molar-refractivity contribution in [2.75, 3.05) is 0 Å². The van der Waals surface area contributed by atoms with Crippen molar-refractivity contribution in [3.05, 3.63) is 47.7 Å². The zero-order valence-corrected chi connectivity index (χ0v) is 8.79. The van der Waals surface area contributed by atoms with Crippen LogP contribution in [0.3, 0.4) is 0 Å². The van der Waals surface area contributed by atoms with E-state index in [0.717, 1.165) is 5.56 Å². The molecule has 0 saturated heterocycles. The van der Waals surface area contributed by atoms with Crippen molar-refractivity contribution < 1.29 is 4.52 Å². The second kappa shape index (κ2) is 4.78. The Bertz CT molecular complexity index is 611. The van der Waals surface area contributed by atoms with Crippen LogP contribution >= 0.6 is 0 Å². The van der Waals surface area contributed by atoms with Gasteiger partial charge in [-0.15, -0.1) is 0 Å². The van der Waals surface area contributed by atoms with Crippen LogP contribution in [-0.4, -0.2) is 5.16 Å². The van der Waals surface area contributed by atoms with E-state index in [9.17, 15) is 0 Å². The molecule has 4 heteroatoms. The monoisotopic (exact) mass is 221 g/mol. The molecule has 0 radical (unpaired) electrons. The van der Waals surface area contributed by atoms with Gasteiger partial charge < -0.3 is 4.52 Å². The predicted octanol–water partition coefficient (Wildman–Crippen LogP) is 2.77. The fraction of sp³-hybridized carbons (Fsp3) is 0. The SMILES string of the molecule is N#CC(C#N)=Cc1cc(-c2ccccc2)on1. The summed E-state index contributed by atoms with van der Waals surface area (Å²) in [6, 6.07) is 14.7. The minimum Gasteiger partial charge on any atom is -0.356 e. The summed E-state index contributed by atoms with van der Waals surface area (Å²) in [6.07, 6.45) is 1.38. The molecule has 0 aliphatic heterocycles. The second-order valence-electron chi connectivity index (χ2n) is 3.26. The lowest BCUT2D eigenvalue weighted by Crippen LogP contribution is -1.74. The molecular weight excluding hydrogens is 214 g/mol. The van der Waals surface area contributed by atoms with E-state index >= 15 is 0 Å². The predicted molar refractivity (Wildman–Crippen MR) is 61.1 cm³/mol. The van der Waals surface area contributed by atoms with Gasteiger partial charge in [-0.3, -0.25) is 0 Å². The Labute approximate surface area is 98.0 Å². The lowest BCUT2D eigenvalue weighted by molar-refractivity contribution is 0.430. The fourth-order valence-electron chi connectivity index (χ4n) is 1.33. The molecular formula is C13H7N3O. The van der Waals surface area contributed by atoms with Crippen LogP contribution < -0.4 is 0 Å². The first-order valence-corrected chi connectivity index (χ1v) is 4.87. The number of hydrogen-bond donors (Lipinski definition) is 0. The van der Waals surface area contributed by atoms with Gasteiger partial charge in [0, 0.05) is 11.6 Å². The largest absolute Gasteiger partial charge is 0.356 e. The third-order valence-corrected chi connectivity index (χ3v) is 2.12. The molecule has 2 rings (SSSR count). The Morgan fingerprint density at radius 3 is 2.53 bits per heavy atom. The minimum absolute atomic E-state index is 0.00193. The molecule has 80 valence electrons. The number of aromatic nitrogens is 1. The van der Waals surface area contributed by atoms with E-state index in [1.807, 2.05) is 30.3 Å². The first-order chi connectivity index (χ1) is 8.33. The van der Waals surface area contributed by atoms with E-state index in [0.29, 0.717) is 11.5 Å². The summed E-state index contributed by atoms with van der Waals surface area (Å²) in [5.74, 6) is 0.604. The van der Waals surface area contributed by atoms with Crippen molar-refractivity contribution >= 4 is 6.08 Å². The molecule has 0 saturated carbocycles. The molecule has 0 amide bonds. The Morgan fingerprint density at radius 2 is 1.88 bits per heavy atom. The topological polar surface area (TPSA) is 73.6 Å². The van der Waals surface area contributed by atoms with Crippen LogP contribution in [-0.2, 0) is 0 Å². The van der Waals surface area contributed by atoms with Gasteiger partial charge in [0.2, 0.25) is 0 Å².